The highest BCUT2D eigenvalue weighted by Gasteiger charge is 2.21. The lowest BCUT2D eigenvalue weighted by Gasteiger charge is -2.10. The second-order valence-electron chi connectivity index (χ2n) is 4.17. The zero-order valence-electron chi connectivity index (χ0n) is 11.8. The maximum Gasteiger partial charge on any atom is 0.321 e. The van der Waals surface area contributed by atoms with Crippen LogP contribution in [-0.2, 0) is 11.8 Å². The Morgan fingerprint density at radius 1 is 1.43 bits per heavy atom. The van der Waals surface area contributed by atoms with Gasteiger partial charge in [0.05, 0.1) is 11.5 Å². The molecule has 0 radical (unpaired) electrons. The molecule has 2 rings (SSSR count). The number of nitrogens with zero attached hydrogens (tertiary/aromatic N) is 3. The Morgan fingerprint density at radius 3 is 2.81 bits per heavy atom. The van der Waals surface area contributed by atoms with E-state index < -0.39 is 17.2 Å². The molecule has 9 heteroatoms. The molecule has 0 aliphatic heterocycles. The average molecular weight is 309 g/mol. The van der Waals surface area contributed by atoms with Crippen LogP contribution < -0.4 is 10.6 Å². The molecular weight excluding hydrogens is 294 g/mol. The first kappa shape index (κ1) is 15.1. The fraction of sp³-hybridized carbons (Fsp3) is 0.333. The van der Waals surface area contributed by atoms with Gasteiger partial charge >= 0.3 is 6.03 Å². The summed E-state index contributed by atoms with van der Waals surface area (Å²) in [5, 5.41) is 12.7. The van der Waals surface area contributed by atoms with Crippen molar-refractivity contribution in [3.8, 4) is 11.6 Å². The molecule has 2 aromatic heterocycles. The molecule has 0 saturated carbocycles. The van der Waals surface area contributed by atoms with E-state index >= 15 is 0 Å². The predicted octanol–water partition coefficient (Wildman–Crippen LogP) is 1.01. The molecule has 21 heavy (non-hydrogen) atoms. The van der Waals surface area contributed by atoms with Crippen molar-refractivity contribution in [2.24, 2.45) is 7.05 Å². The molecule has 1 atom stereocenters. The van der Waals surface area contributed by atoms with E-state index in [1.165, 1.54) is 18.8 Å². The van der Waals surface area contributed by atoms with E-state index in [0.717, 1.165) is 0 Å². The number of imide groups is 1. The van der Waals surface area contributed by atoms with E-state index in [1.54, 1.807) is 36.9 Å². The Balaban J connectivity index is 2.07. The molecule has 0 aliphatic carbocycles. The molecule has 0 unspecified atom stereocenters. The first-order valence-electron chi connectivity index (χ1n) is 6.15. The molecule has 0 fully saturated rings. The van der Waals surface area contributed by atoms with Crippen molar-refractivity contribution in [3.63, 3.8) is 0 Å². The van der Waals surface area contributed by atoms with Crippen molar-refractivity contribution in [1.82, 2.24) is 25.4 Å². The van der Waals surface area contributed by atoms with Gasteiger partial charge in [-0.05, 0) is 19.1 Å². The third-order valence-electron chi connectivity index (χ3n) is 2.69. The zero-order chi connectivity index (χ0) is 15.4. The molecule has 0 bridgehead atoms. The summed E-state index contributed by atoms with van der Waals surface area (Å²) in [5.41, 5.74) is 0. The molecule has 0 aliphatic rings. The van der Waals surface area contributed by atoms with Gasteiger partial charge in [0, 0.05) is 14.1 Å². The number of nitrogens with one attached hydrogen (secondary N) is 2. The van der Waals surface area contributed by atoms with Crippen molar-refractivity contribution in [2.45, 2.75) is 17.3 Å². The van der Waals surface area contributed by atoms with E-state index in [0.29, 0.717) is 16.7 Å². The van der Waals surface area contributed by atoms with Gasteiger partial charge in [-0.2, -0.15) is 0 Å². The summed E-state index contributed by atoms with van der Waals surface area (Å²) in [5.74, 6) is 0.766. The minimum absolute atomic E-state index is 0.401. The molecule has 0 spiro atoms. The van der Waals surface area contributed by atoms with E-state index in [4.69, 9.17) is 4.42 Å². The van der Waals surface area contributed by atoms with E-state index in [2.05, 4.69) is 20.8 Å². The van der Waals surface area contributed by atoms with Gasteiger partial charge in [0.25, 0.3) is 0 Å². The summed E-state index contributed by atoms with van der Waals surface area (Å²) in [4.78, 5) is 22.9. The minimum Gasteiger partial charge on any atom is -0.461 e. The molecular formula is C12H15N5O3S. The van der Waals surface area contributed by atoms with E-state index in [9.17, 15) is 9.59 Å². The Labute approximate surface area is 125 Å². The maximum atomic E-state index is 11.8. The largest absolute Gasteiger partial charge is 0.461 e. The first-order valence-corrected chi connectivity index (χ1v) is 7.03. The van der Waals surface area contributed by atoms with Crippen LogP contribution in [0.1, 0.15) is 6.92 Å². The molecule has 0 aromatic carbocycles. The second kappa shape index (κ2) is 6.44. The smallest absolute Gasteiger partial charge is 0.321 e. The third kappa shape index (κ3) is 3.43. The summed E-state index contributed by atoms with van der Waals surface area (Å²) < 4.78 is 7.00. The van der Waals surface area contributed by atoms with Crippen molar-refractivity contribution in [3.05, 3.63) is 18.4 Å². The first-order chi connectivity index (χ1) is 10.0. The number of hydrogen-bond donors (Lipinski definition) is 2. The molecule has 2 heterocycles. The normalized spacial score (nSPS) is 12.0. The van der Waals surface area contributed by atoms with Crippen LogP contribution in [-0.4, -0.2) is 39.0 Å². The minimum atomic E-state index is -0.540. The van der Waals surface area contributed by atoms with Gasteiger partial charge in [-0.25, -0.2) is 4.79 Å². The molecule has 0 saturated heterocycles. The van der Waals surface area contributed by atoms with Crippen LogP contribution in [0.3, 0.4) is 0 Å². The van der Waals surface area contributed by atoms with Gasteiger partial charge in [-0.3, -0.25) is 10.1 Å². The maximum absolute atomic E-state index is 11.8. The number of urea groups is 1. The van der Waals surface area contributed by atoms with Gasteiger partial charge in [0.2, 0.25) is 5.91 Å². The quantitative estimate of drug-likeness (QED) is 0.817. The summed E-state index contributed by atoms with van der Waals surface area (Å²) in [6, 6.07) is 3.00. The highest BCUT2D eigenvalue weighted by atomic mass is 32.2. The fourth-order valence-corrected chi connectivity index (χ4v) is 2.34. The number of rotatable bonds is 4. The summed E-state index contributed by atoms with van der Waals surface area (Å²) in [7, 11) is 3.22. The Hall–Kier alpha value is -2.29. The van der Waals surface area contributed by atoms with Crippen molar-refractivity contribution >= 4 is 23.7 Å². The standard InChI is InChI=1S/C12H15N5O3S/c1-7(10(18)14-11(19)13-2)21-12-16-15-9(17(12)3)8-5-4-6-20-8/h4-7H,1-3H3,(H2,13,14,18,19)/t7-/m1/s1. The van der Waals surface area contributed by atoms with Gasteiger partial charge in [0.1, 0.15) is 0 Å². The van der Waals surface area contributed by atoms with E-state index in [1.807, 2.05) is 0 Å². The Kier molecular flexibility index (Phi) is 4.63. The van der Waals surface area contributed by atoms with Crippen LogP contribution in [0, 0.1) is 0 Å². The van der Waals surface area contributed by atoms with Crippen LogP contribution >= 0.6 is 11.8 Å². The second-order valence-corrected chi connectivity index (χ2v) is 5.48. The summed E-state index contributed by atoms with van der Waals surface area (Å²) in [6.07, 6.45) is 1.55. The van der Waals surface area contributed by atoms with Crippen molar-refractivity contribution < 1.29 is 14.0 Å². The number of furan rings is 1. The van der Waals surface area contributed by atoms with Crippen LogP contribution in [0.4, 0.5) is 4.79 Å². The van der Waals surface area contributed by atoms with E-state index in [-0.39, 0.29) is 0 Å². The van der Waals surface area contributed by atoms with Crippen LogP contribution in [0.2, 0.25) is 0 Å². The number of hydrogen-bond acceptors (Lipinski definition) is 6. The molecule has 112 valence electrons. The number of carbonyl (C=O) groups excluding carboxylic acids is 2. The Bertz CT molecular complexity index is 637. The lowest BCUT2D eigenvalue weighted by Crippen LogP contribution is -2.41. The SMILES string of the molecule is CNC(=O)NC(=O)[C@@H](C)Sc1nnc(-c2ccco2)n1C. The zero-order valence-corrected chi connectivity index (χ0v) is 12.6. The number of carbonyl (C=O) groups is 2. The predicted molar refractivity (Wildman–Crippen MR) is 76.6 cm³/mol. The monoisotopic (exact) mass is 309 g/mol. The van der Waals surface area contributed by atoms with Gasteiger partial charge in [-0.1, -0.05) is 11.8 Å². The molecule has 3 amide bonds. The summed E-state index contributed by atoms with van der Waals surface area (Å²) in [6.45, 7) is 1.68. The van der Waals surface area contributed by atoms with Gasteiger partial charge < -0.3 is 14.3 Å². The lowest BCUT2D eigenvalue weighted by atomic mass is 10.4. The van der Waals surface area contributed by atoms with Crippen LogP contribution in [0.25, 0.3) is 11.6 Å². The highest BCUT2D eigenvalue weighted by molar-refractivity contribution is 8.00. The third-order valence-corrected chi connectivity index (χ3v) is 3.83. The number of amides is 3. The number of aromatic nitrogens is 3. The molecule has 2 N–H and O–H groups in total. The average Bonchev–Trinajstić information content (AvgIpc) is 3.09. The van der Waals surface area contributed by atoms with Gasteiger partial charge in [0.15, 0.2) is 16.7 Å². The van der Waals surface area contributed by atoms with Crippen molar-refractivity contribution in [2.75, 3.05) is 7.05 Å². The van der Waals surface area contributed by atoms with Crippen LogP contribution in [0.5, 0.6) is 0 Å². The molecule has 2 aromatic rings. The number of thioether (sulfide) groups is 1. The lowest BCUT2D eigenvalue weighted by molar-refractivity contribution is -0.119. The molecule has 8 nitrogen and oxygen atoms in total. The topological polar surface area (TPSA) is 102 Å². The van der Waals surface area contributed by atoms with Crippen molar-refractivity contribution in [1.29, 1.82) is 0 Å². The highest BCUT2D eigenvalue weighted by Crippen LogP contribution is 2.25. The Morgan fingerprint density at radius 2 is 2.19 bits per heavy atom. The summed E-state index contributed by atoms with van der Waals surface area (Å²) >= 11 is 1.20. The van der Waals surface area contributed by atoms with Crippen LogP contribution in [0.15, 0.2) is 28.0 Å². The fourth-order valence-electron chi connectivity index (χ4n) is 1.53. The van der Waals surface area contributed by atoms with Gasteiger partial charge in [-0.15, -0.1) is 10.2 Å².